The largest absolute Gasteiger partial charge is 0.327 e. The molecule has 0 bridgehead atoms. The first-order valence-electron chi connectivity index (χ1n) is 6.35. The van der Waals surface area contributed by atoms with Crippen LogP contribution in [0, 0.1) is 0 Å². The number of ketones is 1. The van der Waals surface area contributed by atoms with Crippen molar-refractivity contribution in [2.75, 3.05) is 0 Å². The average molecular weight is 311 g/mol. The van der Waals surface area contributed by atoms with Crippen molar-refractivity contribution in [2.24, 2.45) is 0 Å². The molecule has 4 nitrogen and oxygen atoms in total. The van der Waals surface area contributed by atoms with Crippen LogP contribution < -0.4 is 10.6 Å². The van der Waals surface area contributed by atoms with Crippen molar-refractivity contribution in [1.82, 2.24) is 10.6 Å². The van der Waals surface area contributed by atoms with Crippen molar-refractivity contribution in [2.45, 2.75) is 25.3 Å². The monoisotopic (exact) mass is 310 g/mol. The summed E-state index contributed by atoms with van der Waals surface area (Å²) in [5.74, 6) is 0.0275. The Morgan fingerprint density at radius 2 is 1.80 bits per heavy atom. The molecule has 0 radical (unpaired) electrons. The number of hydrogen-bond donors (Lipinski definition) is 2. The van der Waals surface area contributed by atoms with E-state index in [9.17, 15) is 9.59 Å². The summed E-state index contributed by atoms with van der Waals surface area (Å²) >= 11 is 12.4. The van der Waals surface area contributed by atoms with Crippen molar-refractivity contribution in [3.63, 3.8) is 0 Å². The summed E-state index contributed by atoms with van der Waals surface area (Å²) < 4.78 is 0. The molecule has 2 aliphatic rings. The summed E-state index contributed by atoms with van der Waals surface area (Å²) in [4.78, 5) is 24.0. The fourth-order valence-electron chi connectivity index (χ4n) is 2.71. The first-order valence-corrected chi connectivity index (χ1v) is 7.11. The van der Waals surface area contributed by atoms with E-state index in [1.165, 1.54) is 0 Å². The van der Waals surface area contributed by atoms with Crippen LogP contribution in [-0.4, -0.2) is 11.8 Å². The van der Waals surface area contributed by atoms with E-state index in [1.807, 2.05) is 0 Å². The average Bonchev–Trinajstić information content (AvgIpc) is 2.38. The Balaban J connectivity index is 2.16. The molecule has 0 saturated carbocycles. The molecule has 1 aromatic carbocycles. The molecule has 0 spiro atoms. The molecule has 104 valence electrons. The molecule has 1 heterocycles. The summed E-state index contributed by atoms with van der Waals surface area (Å²) in [6, 6.07) is 4.22. The maximum atomic E-state index is 12.2. The summed E-state index contributed by atoms with van der Waals surface area (Å²) in [5.41, 5.74) is 1.84. The zero-order chi connectivity index (χ0) is 14.3. The van der Waals surface area contributed by atoms with Crippen molar-refractivity contribution in [1.29, 1.82) is 0 Å². The molecule has 1 aromatic rings. The van der Waals surface area contributed by atoms with E-state index >= 15 is 0 Å². The molecule has 0 saturated heterocycles. The summed E-state index contributed by atoms with van der Waals surface area (Å²) in [6.45, 7) is 0. The summed E-state index contributed by atoms with van der Waals surface area (Å²) in [5, 5.41) is 6.34. The number of amides is 2. The standard InChI is InChI=1S/C14H12Cl2N2O2/c15-7-3-1-4-8(16)11(7)13-12-9(17-14(20)18-13)5-2-6-10(12)19/h1,3-4,13H,2,5-6H2,(H2,17,18,20). The van der Waals surface area contributed by atoms with Gasteiger partial charge in [-0.2, -0.15) is 0 Å². The van der Waals surface area contributed by atoms with Gasteiger partial charge in [-0.05, 0) is 25.0 Å². The topological polar surface area (TPSA) is 58.2 Å². The van der Waals surface area contributed by atoms with Gasteiger partial charge in [0.2, 0.25) is 0 Å². The Kier molecular flexibility index (Phi) is 3.44. The normalized spacial score (nSPS) is 22.2. The number of benzene rings is 1. The molecule has 3 rings (SSSR count). The minimum Gasteiger partial charge on any atom is -0.327 e. The van der Waals surface area contributed by atoms with Gasteiger partial charge >= 0.3 is 6.03 Å². The SMILES string of the molecule is O=C1NC2=C(C(=O)CCC2)C(c2c(Cl)cccc2Cl)N1. The maximum absolute atomic E-state index is 12.2. The third kappa shape index (κ3) is 2.19. The van der Waals surface area contributed by atoms with E-state index in [-0.39, 0.29) is 11.8 Å². The molecule has 1 aliphatic heterocycles. The Morgan fingerprint density at radius 1 is 1.10 bits per heavy atom. The van der Waals surface area contributed by atoms with Crippen LogP contribution in [0.25, 0.3) is 0 Å². The molecule has 1 atom stereocenters. The second kappa shape index (κ2) is 5.11. The highest BCUT2D eigenvalue weighted by atomic mass is 35.5. The predicted molar refractivity (Wildman–Crippen MR) is 76.8 cm³/mol. The predicted octanol–water partition coefficient (Wildman–Crippen LogP) is 3.35. The lowest BCUT2D eigenvalue weighted by Crippen LogP contribution is -2.46. The Morgan fingerprint density at radius 3 is 2.50 bits per heavy atom. The van der Waals surface area contributed by atoms with Crippen molar-refractivity contribution < 1.29 is 9.59 Å². The van der Waals surface area contributed by atoms with Crippen LogP contribution in [0.3, 0.4) is 0 Å². The first-order chi connectivity index (χ1) is 9.58. The number of Topliss-reactive ketones (excluding diaryl/α,β-unsaturated/α-hetero) is 1. The van der Waals surface area contributed by atoms with Crippen molar-refractivity contribution >= 4 is 35.0 Å². The van der Waals surface area contributed by atoms with Gasteiger partial charge in [0.1, 0.15) is 0 Å². The fraction of sp³-hybridized carbons (Fsp3) is 0.286. The van der Waals surface area contributed by atoms with Crippen LogP contribution in [0.1, 0.15) is 30.9 Å². The van der Waals surface area contributed by atoms with Gasteiger partial charge in [-0.1, -0.05) is 29.3 Å². The Bertz CT molecular complexity index is 620. The van der Waals surface area contributed by atoms with E-state index in [0.717, 1.165) is 6.42 Å². The molecule has 2 amide bonds. The molecule has 0 fully saturated rings. The molecule has 1 unspecified atom stereocenters. The lowest BCUT2D eigenvalue weighted by molar-refractivity contribution is -0.116. The summed E-state index contributed by atoms with van der Waals surface area (Å²) in [6.07, 6.45) is 1.92. The highest BCUT2D eigenvalue weighted by molar-refractivity contribution is 6.36. The second-order valence-electron chi connectivity index (χ2n) is 4.84. The smallest absolute Gasteiger partial charge is 0.319 e. The second-order valence-corrected chi connectivity index (χ2v) is 5.65. The van der Waals surface area contributed by atoms with Crippen LogP contribution in [0.5, 0.6) is 0 Å². The van der Waals surface area contributed by atoms with E-state index in [1.54, 1.807) is 18.2 Å². The highest BCUT2D eigenvalue weighted by Crippen LogP contribution is 2.39. The molecule has 0 aromatic heterocycles. The third-order valence-electron chi connectivity index (χ3n) is 3.57. The molecule has 6 heteroatoms. The van der Waals surface area contributed by atoms with Crippen LogP contribution in [0.4, 0.5) is 4.79 Å². The van der Waals surface area contributed by atoms with E-state index in [2.05, 4.69) is 10.6 Å². The lowest BCUT2D eigenvalue weighted by atomic mass is 9.85. The number of carbonyl (C=O) groups excluding carboxylic acids is 2. The van der Waals surface area contributed by atoms with Crippen LogP contribution in [0.2, 0.25) is 10.0 Å². The zero-order valence-electron chi connectivity index (χ0n) is 10.5. The highest BCUT2D eigenvalue weighted by Gasteiger charge is 2.36. The van der Waals surface area contributed by atoms with Gasteiger partial charge in [-0.3, -0.25) is 4.79 Å². The quantitative estimate of drug-likeness (QED) is 0.835. The van der Waals surface area contributed by atoms with Gasteiger partial charge in [0.15, 0.2) is 5.78 Å². The number of halogens is 2. The first kappa shape index (κ1) is 13.5. The lowest BCUT2D eigenvalue weighted by Gasteiger charge is -2.33. The van der Waals surface area contributed by atoms with E-state index in [0.29, 0.717) is 39.7 Å². The van der Waals surface area contributed by atoms with Gasteiger partial charge in [-0.25, -0.2) is 4.79 Å². The van der Waals surface area contributed by atoms with Gasteiger partial charge < -0.3 is 10.6 Å². The number of nitrogens with one attached hydrogen (secondary N) is 2. The number of carbonyl (C=O) groups is 2. The molecule has 20 heavy (non-hydrogen) atoms. The van der Waals surface area contributed by atoms with Gasteiger partial charge in [0, 0.05) is 33.3 Å². The Labute approximate surface area is 126 Å². The minimum atomic E-state index is -0.576. The number of urea groups is 1. The minimum absolute atomic E-state index is 0.0275. The van der Waals surface area contributed by atoms with Gasteiger partial charge in [0.25, 0.3) is 0 Å². The molecular weight excluding hydrogens is 299 g/mol. The van der Waals surface area contributed by atoms with Crippen LogP contribution >= 0.6 is 23.2 Å². The third-order valence-corrected chi connectivity index (χ3v) is 4.23. The fourth-order valence-corrected chi connectivity index (χ4v) is 3.32. The maximum Gasteiger partial charge on any atom is 0.319 e. The van der Waals surface area contributed by atoms with Crippen LogP contribution in [0.15, 0.2) is 29.5 Å². The molecular formula is C14H12Cl2N2O2. The van der Waals surface area contributed by atoms with E-state index in [4.69, 9.17) is 23.2 Å². The Hall–Kier alpha value is -1.52. The number of rotatable bonds is 1. The van der Waals surface area contributed by atoms with Crippen molar-refractivity contribution in [3.05, 3.63) is 45.1 Å². The number of hydrogen-bond acceptors (Lipinski definition) is 2. The molecule has 2 N–H and O–H groups in total. The molecule has 1 aliphatic carbocycles. The van der Waals surface area contributed by atoms with Crippen molar-refractivity contribution in [3.8, 4) is 0 Å². The van der Waals surface area contributed by atoms with E-state index < -0.39 is 6.04 Å². The number of allylic oxidation sites excluding steroid dienone is 1. The zero-order valence-corrected chi connectivity index (χ0v) is 12.0. The summed E-state index contributed by atoms with van der Waals surface area (Å²) in [7, 11) is 0. The van der Waals surface area contributed by atoms with Gasteiger partial charge in [-0.15, -0.1) is 0 Å². The van der Waals surface area contributed by atoms with Gasteiger partial charge in [0.05, 0.1) is 6.04 Å². The van der Waals surface area contributed by atoms with Crippen LogP contribution in [-0.2, 0) is 4.79 Å².